The summed E-state index contributed by atoms with van der Waals surface area (Å²) in [5.41, 5.74) is 4.23. The third kappa shape index (κ3) is 2.68. The minimum absolute atomic E-state index is 0.447. The molecule has 1 aliphatic carbocycles. The molecule has 2 heterocycles. The van der Waals surface area contributed by atoms with Crippen molar-refractivity contribution in [2.45, 2.75) is 19.3 Å². The van der Waals surface area contributed by atoms with Crippen molar-refractivity contribution >= 4 is 34.4 Å². The van der Waals surface area contributed by atoms with Gasteiger partial charge in [0, 0.05) is 15.7 Å². The molecule has 116 valence electrons. The lowest BCUT2D eigenvalue weighted by molar-refractivity contribution is 0.844. The number of aromatic amines is 2. The van der Waals surface area contributed by atoms with E-state index in [1.807, 2.05) is 24.3 Å². The molecule has 0 amide bonds. The molecule has 2 N–H and O–H groups in total. The molecule has 0 atom stereocenters. The summed E-state index contributed by atoms with van der Waals surface area (Å²) in [5, 5.41) is 19.1. The maximum atomic E-state index is 5.30. The van der Waals surface area contributed by atoms with Crippen molar-refractivity contribution in [2.24, 2.45) is 5.10 Å². The molecule has 0 radical (unpaired) electrons. The van der Waals surface area contributed by atoms with Crippen LogP contribution in [-0.4, -0.2) is 31.3 Å². The molecule has 4 rings (SSSR count). The van der Waals surface area contributed by atoms with Gasteiger partial charge < -0.3 is 0 Å². The molecule has 2 aromatic heterocycles. The van der Waals surface area contributed by atoms with E-state index in [1.165, 1.54) is 11.3 Å². The number of hydrogen-bond acceptors (Lipinski definition) is 4. The quantitative estimate of drug-likeness (QED) is 0.532. The van der Waals surface area contributed by atoms with E-state index in [9.17, 15) is 0 Å². The highest BCUT2D eigenvalue weighted by molar-refractivity contribution is 9.10. The first kappa shape index (κ1) is 14.5. The second-order valence-corrected chi connectivity index (χ2v) is 6.65. The molecular weight excluding hydrogens is 376 g/mol. The Morgan fingerprint density at radius 3 is 2.83 bits per heavy atom. The Morgan fingerprint density at radius 1 is 1.17 bits per heavy atom. The topological polar surface area (TPSA) is 74.7 Å². The number of aromatic nitrogens is 5. The van der Waals surface area contributed by atoms with Gasteiger partial charge in [0.25, 0.3) is 0 Å². The van der Waals surface area contributed by atoms with Gasteiger partial charge in [0.05, 0.1) is 6.21 Å². The third-order valence-electron chi connectivity index (χ3n) is 3.86. The molecule has 1 aromatic carbocycles. The summed E-state index contributed by atoms with van der Waals surface area (Å²) in [5.74, 6) is 0.641. The predicted molar refractivity (Wildman–Crippen MR) is 94.2 cm³/mol. The van der Waals surface area contributed by atoms with Crippen molar-refractivity contribution in [3.63, 3.8) is 0 Å². The summed E-state index contributed by atoms with van der Waals surface area (Å²) in [6.45, 7) is 0. The van der Waals surface area contributed by atoms with Gasteiger partial charge in [-0.3, -0.25) is 5.10 Å². The van der Waals surface area contributed by atoms with E-state index in [0.717, 1.165) is 35.0 Å². The molecular formula is C15H13BrN6S. The van der Waals surface area contributed by atoms with Gasteiger partial charge in [-0.15, -0.1) is 0 Å². The minimum atomic E-state index is 0.447. The average Bonchev–Trinajstić information content (AvgIpc) is 3.23. The molecule has 0 aliphatic heterocycles. The van der Waals surface area contributed by atoms with E-state index in [0.29, 0.717) is 10.6 Å². The number of nitrogens with zero attached hydrogens (tertiary/aromatic N) is 4. The molecule has 0 fully saturated rings. The van der Waals surface area contributed by atoms with Gasteiger partial charge in [0.15, 0.2) is 0 Å². The van der Waals surface area contributed by atoms with Crippen molar-refractivity contribution in [3.05, 3.63) is 50.3 Å². The first-order chi connectivity index (χ1) is 11.2. The van der Waals surface area contributed by atoms with E-state index in [2.05, 4.69) is 41.4 Å². The Morgan fingerprint density at radius 2 is 2.00 bits per heavy atom. The van der Waals surface area contributed by atoms with E-state index in [-0.39, 0.29) is 0 Å². The molecule has 23 heavy (non-hydrogen) atoms. The number of benzene rings is 1. The summed E-state index contributed by atoms with van der Waals surface area (Å²) in [6.07, 6.45) is 4.95. The number of aryl methyl sites for hydroxylation is 1. The van der Waals surface area contributed by atoms with Gasteiger partial charge >= 0.3 is 0 Å². The number of rotatable bonds is 3. The smallest absolute Gasteiger partial charge is 0.216 e. The van der Waals surface area contributed by atoms with Crippen LogP contribution in [0.5, 0.6) is 0 Å². The van der Waals surface area contributed by atoms with Crippen molar-refractivity contribution in [3.8, 4) is 11.5 Å². The lowest BCUT2D eigenvalue weighted by Crippen LogP contribution is -1.97. The van der Waals surface area contributed by atoms with Crippen LogP contribution in [0.4, 0.5) is 0 Å². The van der Waals surface area contributed by atoms with Crippen molar-refractivity contribution in [1.29, 1.82) is 0 Å². The monoisotopic (exact) mass is 388 g/mol. The minimum Gasteiger partial charge on any atom is -0.282 e. The van der Waals surface area contributed by atoms with E-state index < -0.39 is 0 Å². The molecule has 6 nitrogen and oxygen atoms in total. The molecule has 1 aliphatic rings. The van der Waals surface area contributed by atoms with Gasteiger partial charge in [-0.2, -0.15) is 20.0 Å². The maximum absolute atomic E-state index is 5.30. The van der Waals surface area contributed by atoms with E-state index >= 15 is 0 Å². The van der Waals surface area contributed by atoms with Gasteiger partial charge in [0.2, 0.25) is 10.6 Å². The summed E-state index contributed by atoms with van der Waals surface area (Å²) >= 11 is 8.72. The fourth-order valence-corrected chi connectivity index (χ4v) is 3.17. The van der Waals surface area contributed by atoms with E-state index in [1.54, 1.807) is 10.9 Å². The highest BCUT2D eigenvalue weighted by Gasteiger charge is 2.23. The van der Waals surface area contributed by atoms with Crippen LogP contribution in [0.2, 0.25) is 0 Å². The zero-order chi connectivity index (χ0) is 15.8. The standard InChI is InChI=1S/C15H13BrN6S/c16-10-6-4-9(5-7-10)8-17-22-14(20-21-15(22)23)13-11-2-1-3-12(11)18-19-13/h4-8H,1-3H2,(H,18,19)(H,21,23). The maximum Gasteiger partial charge on any atom is 0.216 e. The average molecular weight is 389 g/mol. The van der Waals surface area contributed by atoms with Crippen LogP contribution >= 0.6 is 28.1 Å². The number of halogens is 1. The van der Waals surface area contributed by atoms with Gasteiger partial charge in [-0.05, 0) is 49.2 Å². The van der Waals surface area contributed by atoms with Crippen molar-refractivity contribution < 1.29 is 0 Å². The molecule has 0 bridgehead atoms. The number of H-pyrrole nitrogens is 2. The highest BCUT2D eigenvalue weighted by Crippen LogP contribution is 2.29. The number of fused-ring (bicyclic) bond motifs is 1. The SMILES string of the molecule is S=c1[nH]nc(-c2n[nH]c3c2CCC3)n1N=Cc1ccc(Br)cc1. The first-order valence-corrected chi connectivity index (χ1v) is 8.46. The molecule has 0 unspecified atom stereocenters. The van der Waals surface area contributed by atoms with Gasteiger partial charge in [0.1, 0.15) is 5.69 Å². The lowest BCUT2D eigenvalue weighted by Gasteiger charge is -2.00. The van der Waals surface area contributed by atoms with Gasteiger partial charge in [-0.1, -0.05) is 28.1 Å². The second-order valence-electron chi connectivity index (χ2n) is 5.34. The molecule has 3 aromatic rings. The molecule has 0 spiro atoms. The fraction of sp³-hybridized carbons (Fsp3) is 0.200. The highest BCUT2D eigenvalue weighted by atomic mass is 79.9. The zero-order valence-corrected chi connectivity index (χ0v) is 14.5. The van der Waals surface area contributed by atoms with Crippen LogP contribution in [0.15, 0.2) is 33.8 Å². The molecule has 0 saturated heterocycles. The summed E-state index contributed by atoms with van der Waals surface area (Å²) in [6, 6.07) is 7.89. The van der Waals surface area contributed by atoms with Crippen LogP contribution < -0.4 is 0 Å². The fourth-order valence-electron chi connectivity index (χ4n) is 2.73. The van der Waals surface area contributed by atoms with Crippen LogP contribution in [0, 0.1) is 4.77 Å². The summed E-state index contributed by atoms with van der Waals surface area (Å²) < 4.78 is 3.09. The first-order valence-electron chi connectivity index (χ1n) is 7.26. The second kappa shape index (κ2) is 5.86. The van der Waals surface area contributed by atoms with Crippen LogP contribution in [0.3, 0.4) is 0 Å². The summed E-state index contributed by atoms with van der Waals surface area (Å²) in [4.78, 5) is 0. The lowest BCUT2D eigenvalue weighted by atomic mass is 10.2. The van der Waals surface area contributed by atoms with E-state index in [4.69, 9.17) is 12.2 Å². The van der Waals surface area contributed by atoms with Gasteiger partial charge in [-0.25, -0.2) is 5.10 Å². The predicted octanol–water partition coefficient (Wildman–Crippen LogP) is 3.46. The normalized spacial score (nSPS) is 13.8. The van der Waals surface area contributed by atoms with Crippen LogP contribution in [0.1, 0.15) is 23.2 Å². The molecule has 0 saturated carbocycles. The Labute approximate surface area is 145 Å². The number of hydrogen-bond donors (Lipinski definition) is 2. The van der Waals surface area contributed by atoms with Crippen molar-refractivity contribution in [1.82, 2.24) is 25.1 Å². The van der Waals surface area contributed by atoms with Crippen LogP contribution in [0.25, 0.3) is 11.5 Å². The Bertz CT molecular complexity index is 934. The number of nitrogens with one attached hydrogen (secondary N) is 2. The van der Waals surface area contributed by atoms with Crippen molar-refractivity contribution in [2.75, 3.05) is 0 Å². The summed E-state index contributed by atoms with van der Waals surface area (Å²) in [7, 11) is 0. The zero-order valence-electron chi connectivity index (χ0n) is 12.1. The largest absolute Gasteiger partial charge is 0.282 e. The molecule has 8 heteroatoms. The Kier molecular flexibility index (Phi) is 3.70. The Hall–Kier alpha value is -2.06. The third-order valence-corrected chi connectivity index (χ3v) is 4.65. The Balaban J connectivity index is 1.73. The van der Waals surface area contributed by atoms with Crippen LogP contribution in [-0.2, 0) is 12.8 Å².